The van der Waals surface area contributed by atoms with Gasteiger partial charge in [-0.05, 0) is 44.7 Å². The highest BCUT2D eigenvalue weighted by Crippen LogP contribution is 2.44. The van der Waals surface area contributed by atoms with Crippen molar-refractivity contribution in [3.63, 3.8) is 0 Å². The average Bonchev–Trinajstić information content (AvgIpc) is 2.80. The molecule has 1 atom stereocenters. The predicted octanol–water partition coefficient (Wildman–Crippen LogP) is 4.60. The second kappa shape index (κ2) is 6.71. The van der Waals surface area contributed by atoms with E-state index < -0.39 is 23.5 Å². The number of hydrogen-bond donors (Lipinski definition) is 1. The molecular weight excluding hydrogens is 357 g/mol. The molecule has 1 unspecified atom stereocenters. The summed E-state index contributed by atoms with van der Waals surface area (Å²) in [4.78, 5) is 12.1. The van der Waals surface area contributed by atoms with Crippen molar-refractivity contribution >= 4 is 16.7 Å². The van der Waals surface area contributed by atoms with Crippen LogP contribution in [0.5, 0.6) is 5.75 Å². The molecule has 1 aliphatic rings. The molecular formula is C20H23F3N2O2. The van der Waals surface area contributed by atoms with Gasteiger partial charge in [-0.3, -0.25) is 10.2 Å². The van der Waals surface area contributed by atoms with Crippen molar-refractivity contribution < 1.29 is 22.7 Å². The van der Waals surface area contributed by atoms with E-state index in [1.807, 2.05) is 13.8 Å². The molecule has 0 radical (unpaired) electrons. The fraction of sp³-hybridized carbons (Fsp3) is 0.450. The molecule has 1 fully saturated rings. The first-order valence-corrected chi connectivity index (χ1v) is 8.83. The van der Waals surface area contributed by atoms with Gasteiger partial charge in [-0.15, -0.1) is 0 Å². The first-order chi connectivity index (χ1) is 12.5. The third-order valence-electron chi connectivity index (χ3n) is 4.62. The lowest BCUT2D eigenvalue weighted by Crippen LogP contribution is -2.43. The summed E-state index contributed by atoms with van der Waals surface area (Å²) in [6.45, 7) is 6.96. The van der Waals surface area contributed by atoms with E-state index in [2.05, 4.69) is 5.43 Å². The van der Waals surface area contributed by atoms with Crippen LogP contribution in [0.1, 0.15) is 39.3 Å². The number of halogens is 3. The summed E-state index contributed by atoms with van der Waals surface area (Å²) in [6.07, 6.45) is -4.66. The van der Waals surface area contributed by atoms with Crippen LogP contribution in [0.3, 0.4) is 0 Å². The maximum atomic E-state index is 14.1. The summed E-state index contributed by atoms with van der Waals surface area (Å²) in [5, 5.41) is 2.06. The van der Waals surface area contributed by atoms with Crippen molar-refractivity contribution in [3.05, 3.63) is 42.0 Å². The summed E-state index contributed by atoms with van der Waals surface area (Å²) in [5.74, 6) is 0.122. The molecule has 0 aromatic heterocycles. The van der Waals surface area contributed by atoms with Gasteiger partial charge in [0.2, 0.25) is 5.91 Å². The smallest absolute Gasteiger partial charge is 0.409 e. The molecule has 2 aromatic carbocycles. The van der Waals surface area contributed by atoms with Gasteiger partial charge < -0.3 is 4.74 Å². The molecule has 3 rings (SSSR count). The van der Waals surface area contributed by atoms with E-state index in [4.69, 9.17) is 4.74 Å². The van der Waals surface area contributed by atoms with Crippen LogP contribution in [-0.4, -0.2) is 29.7 Å². The molecule has 1 saturated heterocycles. The lowest BCUT2D eigenvalue weighted by Gasteiger charge is -2.31. The molecule has 1 heterocycles. The molecule has 4 nitrogen and oxygen atoms in total. The Hall–Kier alpha value is -2.28. The van der Waals surface area contributed by atoms with E-state index >= 15 is 0 Å². The summed E-state index contributed by atoms with van der Waals surface area (Å²) in [6, 6.07) is 7.93. The van der Waals surface area contributed by atoms with Gasteiger partial charge in [0.05, 0.1) is 11.5 Å². The highest BCUT2D eigenvalue weighted by molar-refractivity contribution is 5.91. The van der Waals surface area contributed by atoms with E-state index in [9.17, 15) is 18.0 Å². The Labute approximate surface area is 156 Å². The molecule has 1 N–H and O–H groups in total. The van der Waals surface area contributed by atoms with E-state index in [-0.39, 0.29) is 18.2 Å². The lowest BCUT2D eigenvalue weighted by molar-refractivity contribution is -0.191. The number of carbonyl (C=O) groups excluding carboxylic acids is 1. The van der Waals surface area contributed by atoms with Gasteiger partial charge in [0.15, 0.2) is 6.04 Å². The summed E-state index contributed by atoms with van der Waals surface area (Å²) < 4.78 is 47.9. The zero-order chi connectivity index (χ0) is 20.0. The molecule has 27 heavy (non-hydrogen) atoms. The monoisotopic (exact) mass is 380 g/mol. The molecule has 0 aliphatic carbocycles. The van der Waals surface area contributed by atoms with Gasteiger partial charge in [-0.1, -0.05) is 30.3 Å². The first-order valence-electron chi connectivity index (χ1n) is 8.83. The Morgan fingerprint density at radius 3 is 2.26 bits per heavy atom. The summed E-state index contributed by atoms with van der Waals surface area (Å²) >= 11 is 0. The molecule has 1 aliphatic heterocycles. The van der Waals surface area contributed by atoms with Crippen LogP contribution in [0.25, 0.3) is 10.8 Å². The number of carbonyl (C=O) groups is 1. The van der Waals surface area contributed by atoms with Crippen LogP contribution >= 0.6 is 0 Å². The number of amides is 1. The highest BCUT2D eigenvalue weighted by Gasteiger charge is 2.51. The summed E-state index contributed by atoms with van der Waals surface area (Å²) in [7, 11) is 0. The average molecular weight is 380 g/mol. The number of fused-ring (bicyclic) bond motifs is 1. The van der Waals surface area contributed by atoms with Crippen LogP contribution in [0, 0.1) is 5.41 Å². The Morgan fingerprint density at radius 1 is 1.11 bits per heavy atom. The largest absolute Gasteiger partial charge is 0.490 e. The second-order valence-electron chi connectivity index (χ2n) is 7.76. The Kier molecular flexibility index (Phi) is 4.84. The third kappa shape index (κ3) is 3.74. The zero-order valence-corrected chi connectivity index (χ0v) is 15.7. The Bertz CT molecular complexity index is 862. The first kappa shape index (κ1) is 19.5. The van der Waals surface area contributed by atoms with Crippen molar-refractivity contribution in [1.82, 2.24) is 10.4 Å². The van der Waals surface area contributed by atoms with Crippen molar-refractivity contribution in [3.8, 4) is 5.75 Å². The normalized spacial score (nSPS) is 18.7. The van der Waals surface area contributed by atoms with Gasteiger partial charge >= 0.3 is 6.18 Å². The quantitative estimate of drug-likeness (QED) is 0.843. The minimum atomic E-state index is -4.56. The number of nitrogens with zero attached hydrogens (tertiary/aromatic N) is 1. The number of hydrogen-bond acceptors (Lipinski definition) is 3. The van der Waals surface area contributed by atoms with Gasteiger partial charge in [-0.25, -0.2) is 5.01 Å². The standard InChI is InChI=1S/C20H23F3N2O2/c1-12(2)27-16-10-9-15(13-7-5-6-8-14(13)16)17(20(21,22)23)25-11-19(3,4)18(26)24-25/h5-10,12,17H,11H2,1-4H3,(H,24,26). The van der Waals surface area contributed by atoms with Crippen molar-refractivity contribution in [2.45, 2.75) is 46.0 Å². The van der Waals surface area contributed by atoms with Crippen molar-refractivity contribution in [1.29, 1.82) is 0 Å². The van der Waals surface area contributed by atoms with E-state index in [0.717, 1.165) is 5.01 Å². The van der Waals surface area contributed by atoms with E-state index in [0.29, 0.717) is 16.5 Å². The third-order valence-corrected chi connectivity index (χ3v) is 4.62. The molecule has 0 saturated carbocycles. The number of benzene rings is 2. The van der Waals surface area contributed by atoms with E-state index in [1.165, 1.54) is 6.07 Å². The highest BCUT2D eigenvalue weighted by atomic mass is 19.4. The van der Waals surface area contributed by atoms with Crippen molar-refractivity contribution in [2.24, 2.45) is 5.41 Å². The molecule has 0 spiro atoms. The molecule has 7 heteroatoms. The van der Waals surface area contributed by atoms with Crippen molar-refractivity contribution in [2.75, 3.05) is 6.54 Å². The minimum absolute atomic E-state index is 0.0332. The number of ether oxygens (including phenoxy) is 1. The number of hydrazine groups is 1. The Balaban J connectivity index is 2.14. The molecule has 2 aromatic rings. The van der Waals surface area contributed by atoms with Crippen LogP contribution in [-0.2, 0) is 4.79 Å². The number of rotatable bonds is 4. The van der Waals surface area contributed by atoms with Crippen LogP contribution in [0.15, 0.2) is 36.4 Å². The van der Waals surface area contributed by atoms with Gasteiger partial charge in [0.1, 0.15) is 5.75 Å². The fourth-order valence-electron chi connectivity index (χ4n) is 3.39. The SMILES string of the molecule is CC(C)Oc1ccc(C(N2CC(C)(C)C(=O)N2)C(F)(F)F)c2ccccc12. The van der Waals surface area contributed by atoms with E-state index in [1.54, 1.807) is 44.2 Å². The topological polar surface area (TPSA) is 41.6 Å². The summed E-state index contributed by atoms with van der Waals surface area (Å²) in [5.41, 5.74) is 1.61. The van der Waals surface area contributed by atoms with Gasteiger partial charge in [0.25, 0.3) is 0 Å². The minimum Gasteiger partial charge on any atom is -0.490 e. The number of nitrogens with one attached hydrogen (secondary N) is 1. The van der Waals surface area contributed by atoms with Crippen LogP contribution in [0.2, 0.25) is 0 Å². The van der Waals surface area contributed by atoms with Gasteiger partial charge in [-0.2, -0.15) is 13.2 Å². The van der Waals surface area contributed by atoms with Gasteiger partial charge in [0, 0.05) is 11.9 Å². The second-order valence-corrected chi connectivity index (χ2v) is 7.76. The Morgan fingerprint density at radius 2 is 1.74 bits per heavy atom. The lowest BCUT2D eigenvalue weighted by atomic mass is 9.93. The number of alkyl halides is 3. The molecule has 1 amide bonds. The maximum Gasteiger partial charge on any atom is 0.409 e. The zero-order valence-electron chi connectivity index (χ0n) is 15.7. The van der Waals surface area contributed by atoms with Crippen LogP contribution < -0.4 is 10.2 Å². The fourth-order valence-corrected chi connectivity index (χ4v) is 3.39. The van der Waals surface area contributed by atoms with Crippen LogP contribution in [0.4, 0.5) is 13.2 Å². The predicted molar refractivity (Wildman–Crippen MR) is 97.1 cm³/mol. The molecule has 146 valence electrons. The maximum absolute atomic E-state index is 14.1. The molecule has 0 bridgehead atoms.